The third-order valence-corrected chi connectivity index (χ3v) is 7.99. The Bertz CT molecular complexity index is 897. The molecule has 33 heavy (non-hydrogen) atoms. The summed E-state index contributed by atoms with van der Waals surface area (Å²) < 4.78 is 5.78. The lowest BCUT2D eigenvalue weighted by molar-refractivity contribution is -0.157. The molecule has 0 amide bonds. The third-order valence-electron chi connectivity index (χ3n) is 7.38. The van der Waals surface area contributed by atoms with Gasteiger partial charge in [0.1, 0.15) is 11.9 Å². The van der Waals surface area contributed by atoms with E-state index >= 15 is 0 Å². The van der Waals surface area contributed by atoms with Crippen molar-refractivity contribution in [2.75, 3.05) is 6.61 Å². The number of carbonyl (C=O) groups excluding carboxylic acids is 2. The topological polar surface area (TPSA) is 123 Å². The van der Waals surface area contributed by atoms with Crippen molar-refractivity contribution in [1.82, 2.24) is 4.98 Å². The second-order valence-electron chi connectivity index (χ2n) is 9.76. The number of aliphatic hydroxyl groups excluding tert-OH is 2. The fraction of sp³-hybridized carbons (Fsp3) is 0.640. The molecule has 1 aliphatic carbocycles. The first-order valence-electron chi connectivity index (χ1n) is 11.7. The van der Waals surface area contributed by atoms with Gasteiger partial charge in [0, 0.05) is 23.8 Å². The minimum Gasteiger partial charge on any atom is -0.457 e. The van der Waals surface area contributed by atoms with Gasteiger partial charge in [0.15, 0.2) is 0 Å². The molecule has 0 spiro atoms. The SMILES string of the molecule is C/C(=C\c1cscn1)C1C/C=C(/CO)CCC[C@@H]2CC(C)(C(=O)[C@H](C)C2N)[C@@H](O)CC(=O)O1. The molecule has 3 unspecified atom stereocenters. The molecule has 0 saturated heterocycles. The van der Waals surface area contributed by atoms with Crippen molar-refractivity contribution >= 4 is 29.2 Å². The van der Waals surface area contributed by atoms with Crippen LogP contribution >= 0.6 is 11.3 Å². The van der Waals surface area contributed by atoms with Gasteiger partial charge in [-0.05, 0) is 55.7 Å². The van der Waals surface area contributed by atoms with E-state index < -0.39 is 29.5 Å². The van der Waals surface area contributed by atoms with E-state index in [0.717, 1.165) is 29.7 Å². The number of aromatic nitrogens is 1. The van der Waals surface area contributed by atoms with Crippen LogP contribution in [0.2, 0.25) is 0 Å². The Morgan fingerprint density at radius 2 is 2.18 bits per heavy atom. The lowest BCUT2D eigenvalue weighted by Crippen LogP contribution is -2.56. The summed E-state index contributed by atoms with van der Waals surface area (Å²) in [5.41, 5.74) is 9.59. The number of thiazole rings is 1. The molecule has 2 aliphatic rings. The van der Waals surface area contributed by atoms with Crippen LogP contribution in [0.4, 0.5) is 0 Å². The number of rotatable bonds is 3. The molecule has 0 radical (unpaired) electrons. The van der Waals surface area contributed by atoms with Crippen LogP contribution in [0.1, 0.15) is 65.0 Å². The maximum absolute atomic E-state index is 13.1. The van der Waals surface area contributed by atoms with Crippen LogP contribution in [-0.2, 0) is 14.3 Å². The molecule has 7 nitrogen and oxygen atoms in total. The number of nitrogens with zero attached hydrogens (tertiary/aromatic N) is 1. The zero-order valence-electron chi connectivity index (χ0n) is 19.7. The normalized spacial score (nSPS) is 36.5. The number of esters is 1. The highest BCUT2D eigenvalue weighted by Crippen LogP contribution is 2.44. The molecule has 1 aromatic rings. The Morgan fingerprint density at radius 3 is 2.85 bits per heavy atom. The number of fused-ring (bicyclic) bond motifs is 2. The van der Waals surface area contributed by atoms with E-state index in [4.69, 9.17) is 10.5 Å². The molecule has 6 atom stereocenters. The van der Waals surface area contributed by atoms with Gasteiger partial charge in [0.05, 0.1) is 35.8 Å². The first-order chi connectivity index (χ1) is 15.7. The fourth-order valence-electron chi connectivity index (χ4n) is 5.13. The Morgan fingerprint density at radius 1 is 1.42 bits per heavy atom. The summed E-state index contributed by atoms with van der Waals surface area (Å²) in [5.74, 6) is -0.975. The maximum atomic E-state index is 13.1. The summed E-state index contributed by atoms with van der Waals surface area (Å²) in [5, 5.41) is 22.8. The van der Waals surface area contributed by atoms with E-state index in [-0.39, 0.29) is 30.8 Å². The number of ketones is 1. The fourth-order valence-corrected chi connectivity index (χ4v) is 5.64. The lowest BCUT2D eigenvalue weighted by Gasteiger charge is -2.46. The monoisotopic (exact) mass is 476 g/mol. The molecule has 3 rings (SSSR count). The Kier molecular flexibility index (Phi) is 8.61. The van der Waals surface area contributed by atoms with Gasteiger partial charge in [0.2, 0.25) is 0 Å². The van der Waals surface area contributed by atoms with E-state index in [0.29, 0.717) is 19.3 Å². The summed E-state index contributed by atoms with van der Waals surface area (Å²) in [4.78, 5) is 30.2. The largest absolute Gasteiger partial charge is 0.457 e. The average Bonchev–Trinajstić information content (AvgIpc) is 3.29. The zero-order valence-corrected chi connectivity index (χ0v) is 20.5. The molecular weight excluding hydrogens is 440 g/mol. The van der Waals surface area contributed by atoms with Gasteiger partial charge in [0.25, 0.3) is 0 Å². The standard InChI is InChI=1S/C25H36N2O5S/c1-15(9-19-13-33-14-27-19)20-8-7-17(12-28)5-4-6-18-11-25(3,21(29)10-22(30)32-20)24(31)16(2)23(18)26/h7,9,13-14,16,18,20-21,23,28-29H,4-6,8,10-12,26H2,1-3H3/b15-9+,17-7+/t16-,18-,20?,21+,23?,25?/m1/s1. The maximum Gasteiger partial charge on any atom is 0.309 e. The van der Waals surface area contributed by atoms with Crippen LogP contribution in [0, 0.1) is 17.3 Å². The van der Waals surface area contributed by atoms with E-state index in [1.807, 2.05) is 31.4 Å². The molecule has 0 aromatic carbocycles. The number of nitrogens with two attached hydrogens (primary N) is 1. The molecule has 2 bridgehead atoms. The second-order valence-corrected chi connectivity index (χ2v) is 10.5. The number of carbonyl (C=O) groups is 2. The smallest absolute Gasteiger partial charge is 0.309 e. The minimum atomic E-state index is -1.13. The highest BCUT2D eigenvalue weighted by atomic mass is 32.1. The van der Waals surface area contributed by atoms with E-state index in [2.05, 4.69) is 4.98 Å². The van der Waals surface area contributed by atoms with Gasteiger partial charge >= 0.3 is 5.97 Å². The van der Waals surface area contributed by atoms with Gasteiger partial charge < -0.3 is 20.7 Å². The number of aliphatic hydroxyl groups is 2. The molecule has 1 aromatic heterocycles. The van der Waals surface area contributed by atoms with Gasteiger partial charge in [-0.2, -0.15) is 0 Å². The molecule has 4 N–H and O–H groups in total. The third kappa shape index (κ3) is 5.98. The van der Waals surface area contributed by atoms with Gasteiger partial charge in [-0.3, -0.25) is 9.59 Å². The molecule has 1 fully saturated rings. The Balaban J connectivity index is 1.90. The van der Waals surface area contributed by atoms with Crippen molar-refractivity contribution in [2.45, 2.75) is 77.5 Å². The zero-order chi connectivity index (χ0) is 24.2. The van der Waals surface area contributed by atoms with Crippen LogP contribution in [0.15, 0.2) is 28.1 Å². The quantitative estimate of drug-likeness (QED) is 0.452. The Hall–Kier alpha value is -1.87. The first-order valence-corrected chi connectivity index (χ1v) is 12.6. The highest BCUT2D eigenvalue weighted by Gasteiger charge is 2.51. The molecular formula is C25H36N2O5S. The second kappa shape index (κ2) is 11.0. The van der Waals surface area contributed by atoms with Crippen LogP contribution in [0.5, 0.6) is 0 Å². The van der Waals surface area contributed by atoms with Crippen molar-refractivity contribution in [1.29, 1.82) is 0 Å². The summed E-state index contributed by atoms with van der Waals surface area (Å²) in [6.45, 7) is 5.38. The summed E-state index contributed by atoms with van der Waals surface area (Å²) in [7, 11) is 0. The average molecular weight is 477 g/mol. The number of Topliss-reactive ketones (excluding diaryl/α,β-unsaturated/α-hetero) is 1. The predicted molar refractivity (Wildman–Crippen MR) is 128 cm³/mol. The van der Waals surface area contributed by atoms with Crippen molar-refractivity contribution in [3.63, 3.8) is 0 Å². The van der Waals surface area contributed by atoms with Crippen molar-refractivity contribution in [3.8, 4) is 0 Å². The van der Waals surface area contributed by atoms with Crippen LogP contribution in [0.3, 0.4) is 0 Å². The number of hydrogen-bond acceptors (Lipinski definition) is 8. The summed E-state index contributed by atoms with van der Waals surface area (Å²) in [6.07, 6.45) is 5.07. The first kappa shape index (κ1) is 25.7. The van der Waals surface area contributed by atoms with E-state index in [1.165, 1.54) is 11.3 Å². The number of hydrogen-bond donors (Lipinski definition) is 3. The van der Waals surface area contributed by atoms with Gasteiger partial charge in [-0.15, -0.1) is 11.3 Å². The molecule has 182 valence electrons. The van der Waals surface area contributed by atoms with Crippen LogP contribution < -0.4 is 5.73 Å². The molecule has 2 heterocycles. The number of ether oxygens (including phenoxy) is 1. The van der Waals surface area contributed by atoms with Gasteiger partial charge in [-0.1, -0.05) is 19.9 Å². The summed E-state index contributed by atoms with van der Waals surface area (Å²) in [6, 6.07) is -0.276. The van der Waals surface area contributed by atoms with E-state index in [1.54, 1.807) is 12.4 Å². The molecule has 1 aliphatic heterocycles. The van der Waals surface area contributed by atoms with Crippen molar-refractivity contribution in [3.05, 3.63) is 33.8 Å². The van der Waals surface area contributed by atoms with Crippen molar-refractivity contribution < 1.29 is 24.5 Å². The van der Waals surface area contributed by atoms with Gasteiger partial charge in [-0.25, -0.2) is 4.98 Å². The minimum absolute atomic E-state index is 0.0580. The highest BCUT2D eigenvalue weighted by molar-refractivity contribution is 7.07. The van der Waals surface area contributed by atoms with Crippen LogP contribution in [-0.4, -0.2) is 51.8 Å². The Labute approximate surface area is 199 Å². The molecule has 8 heteroatoms. The number of cyclic esters (lactones) is 1. The summed E-state index contributed by atoms with van der Waals surface area (Å²) >= 11 is 1.48. The van der Waals surface area contributed by atoms with Crippen LogP contribution in [0.25, 0.3) is 6.08 Å². The predicted octanol–water partition coefficient (Wildman–Crippen LogP) is 3.26. The van der Waals surface area contributed by atoms with Crippen molar-refractivity contribution in [2.24, 2.45) is 23.0 Å². The van der Waals surface area contributed by atoms with E-state index in [9.17, 15) is 19.8 Å². The lowest BCUT2D eigenvalue weighted by atomic mass is 9.60. The molecule has 1 saturated carbocycles.